The van der Waals surface area contributed by atoms with Crippen molar-refractivity contribution >= 4 is 11.3 Å². The standard InChI is InChI=1S/C11H12N/c1-2-5-9-8-12-11-7-4-3-6-10(9)11/h3-4,6-8H,2,5H2,1H3. The molecule has 1 nitrogen and oxygen atoms in total. The summed E-state index contributed by atoms with van der Waals surface area (Å²) in [4.78, 5) is 0. The molecule has 1 aliphatic rings. The minimum absolute atomic E-state index is 1.13. The summed E-state index contributed by atoms with van der Waals surface area (Å²) >= 11 is 0. The highest BCUT2D eigenvalue weighted by atomic mass is 14.9. The highest BCUT2D eigenvalue weighted by Crippen LogP contribution is 2.32. The van der Waals surface area contributed by atoms with Crippen LogP contribution in [0.1, 0.15) is 25.3 Å². The summed E-state index contributed by atoms with van der Waals surface area (Å²) in [6.07, 6.45) is 4.32. The second-order valence-electron chi connectivity index (χ2n) is 3.05. The van der Waals surface area contributed by atoms with Crippen LogP contribution in [0.5, 0.6) is 0 Å². The summed E-state index contributed by atoms with van der Waals surface area (Å²) in [6, 6.07) is 8.32. The van der Waals surface area contributed by atoms with Gasteiger partial charge in [0.2, 0.25) is 0 Å². The minimum Gasteiger partial charge on any atom is -0.256 e. The zero-order valence-electron chi connectivity index (χ0n) is 7.25. The summed E-state index contributed by atoms with van der Waals surface area (Å²) < 4.78 is 0. The van der Waals surface area contributed by atoms with Crippen molar-refractivity contribution in [3.8, 4) is 0 Å². The summed E-state index contributed by atoms with van der Waals surface area (Å²) in [7, 11) is 0. The van der Waals surface area contributed by atoms with Crippen LogP contribution in [0, 0.1) is 0 Å². The van der Waals surface area contributed by atoms with Crippen LogP contribution in [-0.2, 0) is 0 Å². The Kier molecular flexibility index (Phi) is 1.86. The lowest BCUT2D eigenvalue weighted by atomic mass is 10.0. The van der Waals surface area contributed by atoms with E-state index in [1.54, 1.807) is 0 Å². The van der Waals surface area contributed by atoms with E-state index in [1.165, 1.54) is 17.6 Å². The van der Waals surface area contributed by atoms with Crippen LogP contribution in [0.3, 0.4) is 0 Å². The number of rotatable bonds is 2. The van der Waals surface area contributed by atoms with Crippen molar-refractivity contribution in [2.75, 3.05) is 0 Å². The first-order chi connectivity index (χ1) is 5.92. The van der Waals surface area contributed by atoms with Crippen molar-refractivity contribution in [1.82, 2.24) is 5.32 Å². The Morgan fingerprint density at radius 2 is 2.08 bits per heavy atom. The van der Waals surface area contributed by atoms with E-state index in [4.69, 9.17) is 0 Å². The van der Waals surface area contributed by atoms with Crippen LogP contribution in [0.25, 0.3) is 5.57 Å². The van der Waals surface area contributed by atoms with Crippen LogP contribution in [-0.4, -0.2) is 0 Å². The van der Waals surface area contributed by atoms with Gasteiger partial charge < -0.3 is 0 Å². The fourth-order valence-corrected chi connectivity index (χ4v) is 1.54. The van der Waals surface area contributed by atoms with Crippen LogP contribution >= 0.6 is 0 Å². The van der Waals surface area contributed by atoms with Gasteiger partial charge >= 0.3 is 0 Å². The van der Waals surface area contributed by atoms with E-state index in [2.05, 4.69) is 30.4 Å². The van der Waals surface area contributed by atoms with Gasteiger partial charge in [-0.2, -0.15) is 0 Å². The topological polar surface area (TPSA) is 14.1 Å². The maximum atomic E-state index is 4.34. The van der Waals surface area contributed by atoms with Gasteiger partial charge in [-0.3, -0.25) is 5.32 Å². The third-order valence-corrected chi connectivity index (χ3v) is 2.13. The highest BCUT2D eigenvalue weighted by molar-refractivity contribution is 5.78. The Balaban J connectivity index is 2.32. The quantitative estimate of drug-likeness (QED) is 0.628. The van der Waals surface area contributed by atoms with Gasteiger partial charge in [0.05, 0.1) is 5.69 Å². The number of para-hydroxylation sites is 1. The van der Waals surface area contributed by atoms with Crippen molar-refractivity contribution in [1.29, 1.82) is 0 Å². The zero-order chi connectivity index (χ0) is 8.39. The van der Waals surface area contributed by atoms with E-state index in [-0.39, 0.29) is 0 Å². The molecule has 0 aliphatic carbocycles. The van der Waals surface area contributed by atoms with Gasteiger partial charge in [-0.15, -0.1) is 0 Å². The first kappa shape index (κ1) is 7.41. The lowest BCUT2D eigenvalue weighted by molar-refractivity contribution is 0.974. The summed E-state index contributed by atoms with van der Waals surface area (Å²) in [5.74, 6) is 0. The molecule has 1 heteroatoms. The van der Waals surface area contributed by atoms with Crippen molar-refractivity contribution in [3.05, 3.63) is 36.0 Å². The summed E-state index contributed by atoms with van der Waals surface area (Å²) in [5, 5.41) is 4.34. The van der Waals surface area contributed by atoms with Crippen LogP contribution < -0.4 is 5.32 Å². The molecular weight excluding hydrogens is 146 g/mol. The van der Waals surface area contributed by atoms with Gasteiger partial charge in [0.15, 0.2) is 0 Å². The van der Waals surface area contributed by atoms with E-state index in [0.29, 0.717) is 0 Å². The van der Waals surface area contributed by atoms with E-state index in [9.17, 15) is 0 Å². The monoisotopic (exact) mass is 158 g/mol. The van der Waals surface area contributed by atoms with Crippen molar-refractivity contribution < 1.29 is 0 Å². The van der Waals surface area contributed by atoms with Gasteiger partial charge in [0, 0.05) is 11.8 Å². The first-order valence-corrected chi connectivity index (χ1v) is 4.41. The number of allylic oxidation sites excluding steroid dienone is 1. The van der Waals surface area contributed by atoms with Crippen molar-refractivity contribution in [3.63, 3.8) is 0 Å². The number of nitrogens with zero attached hydrogens (tertiary/aromatic N) is 1. The van der Waals surface area contributed by atoms with Gasteiger partial charge in [0.25, 0.3) is 0 Å². The van der Waals surface area contributed by atoms with Gasteiger partial charge in [-0.1, -0.05) is 31.5 Å². The summed E-state index contributed by atoms with van der Waals surface area (Å²) in [5.41, 5.74) is 3.83. The molecule has 0 amide bonds. The molecule has 0 aromatic heterocycles. The molecule has 2 rings (SSSR count). The third-order valence-electron chi connectivity index (χ3n) is 2.13. The average Bonchev–Trinajstić information content (AvgIpc) is 2.50. The predicted molar refractivity (Wildman–Crippen MR) is 51.1 cm³/mol. The van der Waals surface area contributed by atoms with Gasteiger partial charge in [-0.25, -0.2) is 0 Å². The number of hydrogen-bond donors (Lipinski definition) is 0. The Morgan fingerprint density at radius 3 is 2.92 bits per heavy atom. The van der Waals surface area contributed by atoms with Crippen molar-refractivity contribution in [2.24, 2.45) is 0 Å². The number of fused-ring (bicyclic) bond motifs is 1. The zero-order valence-corrected chi connectivity index (χ0v) is 7.25. The van der Waals surface area contributed by atoms with E-state index in [0.717, 1.165) is 12.1 Å². The SMILES string of the molecule is CCCC1=C[N]c2ccccc21. The smallest absolute Gasteiger partial charge is 0.0705 e. The second kappa shape index (κ2) is 3.02. The largest absolute Gasteiger partial charge is 0.256 e. The molecule has 0 unspecified atom stereocenters. The lowest BCUT2D eigenvalue weighted by Gasteiger charge is -2.00. The summed E-state index contributed by atoms with van der Waals surface area (Å²) in [6.45, 7) is 2.20. The number of hydrogen-bond acceptors (Lipinski definition) is 0. The Hall–Kier alpha value is -1.24. The van der Waals surface area contributed by atoms with Crippen molar-refractivity contribution in [2.45, 2.75) is 19.8 Å². The number of benzene rings is 1. The molecule has 0 atom stereocenters. The van der Waals surface area contributed by atoms with Crippen LogP contribution in [0.4, 0.5) is 5.69 Å². The molecule has 1 aromatic carbocycles. The predicted octanol–water partition coefficient (Wildman–Crippen LogP) is 3.08. The maximum absolute atomic E-state index is 4.34. The van der Waals surface area contributed by atoms with E-state index < -0.39 is 0 Å². The molecule has 0 saturated carbocycles. The van der Waals surface area contributed by atoms with Gasteiger partial charge in [-0.05, 0) is 18.1 Å². The third kappa shape index (κ3) is 1.11. The molecule has 0 bridgehead atoms. The normalized spacial score (nSPS) is 13.6. The molecule has 1 heterocycles. The molecular formula is C11H12N. The molecule has 1 aliphatic heterocycles. The van der Waals surface area contributed by atoms with Gasteiger partial charge in [0.1, 0.15) is 0 Å². The molecule has 0 saturated heterocycles. The molecule has 12 heavy (non-hydrogen) atoms. The molecule has 0 N–H and O–H groups in total. The second-order valence-corrected chi connectivity index (χ2v) is 3.05. The van der Waals surface area contributed by atoms with E-state index in [1.807, 2.05) is 12.3 Å². The Bertz CT molecular complexity index is 313. The van der Waals surface area contributed by atoms with Crippen LogP contribution in [0.2, 0.25) is 0 Å². The average molecular weight is 158 g/mol. The maximum Gasteiger partial charge on any atom is 0.0705 e. The fraction of sp³-hybridized carbons (Fsp3) is 0.273. The molecule has 1 radical (unpaired) electrons. The highest BCUT2D eigenvalue weighted by Gasteiger charge is 2.12. The van der Waals surface area contributed by atoms with E-state index >= 15 is 0 Å². The molecule has 61 valence electrons. The minimum atomic E-state index is 1.13. The fourth-order valence-electron chi connectivity index (χ4n) is 1.54. The molecule has 0 fully saturated rings. The Morgan fingerprint density at radius 1 is 1.25 bits per heavy atom. The molecule has 0 spiro atoms. The van der Waals surface area contributed by atoms with Crippen LogP contribution in [0.15, 0.2) is 30.5 Å². The lowest BCUT2D eigenvalue weighted by Crippen LogP contribution is -1.80. The Labute approximate surface area is 73.1 Å². The first-order valence-electron chi connectivity index (χ1n) is 4.41. The molecule has 1 aromatic rings.